The molecule has 6 nitrogen and oxygen atoms in total. The topological polar surface area (TPSA) is 58.4 Å². The van der Waals surface area contributed by atoms with Crippen molar-refractivity contribution in [3.63, 3.8) is 0 Å². The van der Waals surface area contributed by atoms with Crippen LogP contribution in [0.4, 0.5) is 5.95 Å². The van der Waals surface area contributed by atoms with Gasteiger partial charge < -0.3 is 9.47 Å². The second-order valence-corrected chi connectivity index (χ2v) is 9.60. The number of hydrogen-bond acceptors (Lipinski definition) is 4. The van der Waals surface area contributed by atoms with Crippen molar-refractivity contribution < 1.29 is 8.42 Å². The van der Waals surface area contributed by atoms with Crippen LogP contribution in [0.1, 0.15) is 5.56 Å². The molecule has 0 atom stereocenters. The lowest BCUT2D eigenvalue weighted by atomic mass is 10.2. The average Bonchev–Trinajstić information content (AvgIpc) is 3.02. The molecule has 1 saturated heterocycles. The first-order chi connectivity index (χ1) is 13.3. The molecule has 0 unspecified atom stereocenters. The van der Waals surface area contributed by atoms with E-state index in [0.29, 0.717) is 36.8 Å². The van der Waals surface area contributed by atoms with Gasteiger partial charge in [0.1, 0.15) is 4.90 Å². The van der Waals surface area contributed by atoms with E-state index in [4.69, 9.17) is 28.2 Å². The van der Waals surface area contributed by atoms with E-state index in [1.807, 2.05) is 35.9 Å². The molecule has 2 heterocycles. The average molecular weight is 439 g/mol. The van der Waals surface area contributed by atoms with E-state index < -0.39 is 10.0 Å². The van der Waals surface area contributed by atoms with Gasteiger partial charge in [0.25, 0.3) is 0 Å². The normalized spacial score (nSPS) is 16.1. The summed E-state index contributed by atoms with van der Waals surface area (Å²) in [7, 11) is -1.71. The third kappa shape index (κ3) is 3.26. The van der Waals surface area contributed by atoms with E-state index in [9.17, 15) is 8.42 Å². The van der Waals surface area contributed by atoms with E-state index in [1.165, 1.54) is 16.4 Å². The highest BCUT2D eigenvalue weighted by Gasteiger charge is 2.31. The number of anilines is 1. The van der Waals surface area contributed by atoms with Crippen LogP contribution < -0.4 is 4.90 Å². The van der Waals surface area contributed by atoms with Gasteiger partial charge >= 0.3 is 0 Å². The van der Waals surface area contributed by atoms with Gasteiger partial charge in [-0.15, -0.1) is 0 Å². The van der Waals surface area contributed by atoms with Gasteiger partial charge in [0.2, 0.25) is 16.0 Å². The lowest BCUT2D eigenvalue weighted by molar-refractivity contribution is 0.381. The zero-order chi connectivity index (χ0) is 20.1. The van der Waals surface area contributed by atoms with Gasteiger partial charge in [-0.25, -0.2) is 13.4 Å². The molecule has 28 heavy (non-hydrogen) atoms. The Kier molecular flexibility index (Phi) is 5.03. The minimum Gasteiger partial charge on any atom is -0.340 e. The highest BCUT2D eigenvalue weighted by Crippen LogP contribution is 2.31. The summed E-state index contributed by atoms with van der Waals surface area (Å²) in [5.74, 6) is 0.846. The molecule has 1 aliphatic heterocycles. The van der Waals surface area contributed by atoms with Crippen LogP contribution >= 0.6 is 23.2 Å². The minimum absolute atomic E-state index is 0.104. The number of piperazine rings is 1. The maximum atomic E-state index is 13.1. The van der Waals surface area contributed by atoms with Crippen LogP contribution in [-0.4, -0.2) is 48.5 Å². The first kappa shape index (κ1) is 19.5. The molecular weight excluding hydrogens is 419 g/mol. The molecule has 2 aromatic carbocycles. The first-order valence-corrected chi connectivity index (χ1v) is 11.1. The molecule has 0 bridgehead atoms. The Morgan fingerprint density at radius 1 is 1.00 bits per heavy atom. The highest BCUT2D eigenvalue weighted by atomic mass is 35.5. The molecule has 148 valence electrons. The predicted octanol–water partition coefficient (Wildman–Crippen LogP) is 3.70. The molecule has 1 fully saturated rings. The van der Waals surface area contributed by atoms with E-state index in [2.05, 4.69) is 4.90 Å². The minimum atomic E-state index is -3.68. The largest absolute Gasteiger partial charge is 0.340 e. The first-order valence-electron chi connectivity index (χ1n) is 8.91. The van der Waals surface area contributed by atoms with E-state index in [-0.39, 0.29) is 9.92 Å². The molecule has 3 aromatic rings. The lowest BCUT2D eigenvalue weighted by Crippen LogP contribution is -2.49. The van der Waals surface area contributed by atoms with Crippen molar-refractivity contribution in [2.45, 2.75) is 11.8 Å². The van der Waals surface area contributed by atoms with Crippen LogP contribution in [0.15, 0.2) is 41.3 Å². The summed E-state index contributed by atoms with van der Waals surface area (Å²) in [6.45, 7) is 3.61. The monoisotopic (exact) mass is 438 g/mol. The second-order valence-electron chi connectivity index (χ2n) is 6.88. The number of hydrogen-bond donors (Lipinski definition) is 0. The summed E-state index contributed by atoms with van der Waals surface area (Å²) in [5.41, 5.74) is 2.66. The number of imidazole rings is 1. The van der Waals surface area contributed by atoms with Gasteiger partial charge in [0, 0.05) is 38.2 Å². The van der Waals surface area contributed by atoms with Crippen molar-refractivity contribution in [2.75, 3.05) is 31.1 Å². The summed E-state index contributed by atoms with van der Waals surface area (Å²) in [5, 5.41) is 0.601. The number of para-hydroxylation sites is 2. The van der Waals surface area contributed by atoms with E-state index >= 15 is 0 Å². The summed E-state index contributed by atoms with van der Waals surface area (Å²) in [4.78, 5) is 6.92. The van der Waals surface area contributed by atoms with Gasteiger partial charge in [-0.05, 0) is 36.8 Å². The Bertz CT molecular complexity index is 1150. The van der Waals surface area contributed by atoms with Gasteiger partial charge in [0.15, 0.2) is 0 Å². The number of nitrogens with zero attached hydrogens (tertiary/aromatic N) is 4. The fourth-order valence-electron chi connectivity index (χ4n) is 3.51. The zero-order valence-corrected chi connectivity index (χ0v) is 17.9. The maximum absolute atomic E-state index is 13.1. The summed E-state index contributed by atoms with van der Waals surface area (Å²) in [6.07, 6.45) is 0. The second kappa shape index (κ2) is 7.22. The van der Waals surface area contributed by atoms with Crippen molar-refractivity contribution >= 4 is 50.2 Å². The van der Waals surface area contributed by atoms with Crippen molar-refractivity contribution in [3.8, 4) is 0 Å². The number of halogens is 2. The Balaban J connectivity index is 1.57. The number of benzene rings is 2. The number of aromatic nitrogens is 2. The molecule has 0 radical (unpaired) electrons. The van der Waals surface area contributed by atoms with Crippen LogP contribution in [0.3, 0.4) is 0 Å². The third-order valence-corrected chi connectivity index (χ3v) is 7.89. The van der Waals surface area contributed by atoms with Gasteiger partial charge in [0.05, 0.1) is 16.1 Å². The Labute approximate surface area is 174 Å². The fourth-order valence-corrected chi connectivity index (χ4v) is 5.74. The standard InChI is InChI=1S/C19H20Cl2N4O2S/c1-13-11-18(15(21)12-14(13)20)28(26,27)25-9-7-24(8-10-25)19-22-16-5-3-4-6-17(16)23(19)2/h3-6,11-12H,7-10H2,1-2H3. The summed E-state index contributed by atoms with van der Waals surface area (Å²) in [6, 6.07) is 11.0. The summed E-state index contributed by atoms with van der Waals surface area (Å²) >= 11 is 12.2. The van der Waals surface area contributed by atoms with Crippen LogP contribution in [0.25, 0.3) is 11.0 Å². The number of aryl methyl sites for hydroxylation is 2. The maximum Gasteiger partial charge on any atom is 0.244 e. The highest BCUT2D eigenvalue weighted by molar-refractivity contribution is 7.89. The molecule has 0 N–H and O–H groups in total. The summed E-state index contributed by atoms with van der Waals surface area (Å²) < 4.78 is 29.7. The SMILES string of the molecule is Cc1cc(S(=O)(=O)N2CCN(c3nc4ccccc4n3C)CC2)c(Cl)cc1Cl. The fraction of sp³-hybridized carbons (Fsp3) is 0.316. The number of sulfonamides is 1. The smallest absolute Gasteiger partial charge is 0.244 e. The van der Waals surface area contributed by atoms with Crippen LogP contribution in [-0.2, 0) is 17.1 Å². The number of fused-ring (bicyclic) bond motifs is 1. The molecule has 0 spiro atoms. The Morgan fingerprint density at radius 2 is 1.68 bits per heavy atom. The molecular formula is C19H20Cl2N4O2S. The van der Waals surface area contributed by atoms with E-state index in [1.54, 1.807) is 6.92 Å². The Hall–Kier alpha value is -1.80. The molecule has 9 heteroatoms. The van der Waals surface area contributed by atoms with Gasteiger partial charge in [-0.1, -0.05) is 35.3 Å². The van der Waals surface area contributed by atoms with Crippen LogP contribution in [0.5, 0.6) is 0 Å². The quantitative estimate of drug-likeness (QED) is 0.625. The van der Waals surface area contributed by atoms with E-state index in [0.717, 1.165) is 17.0 Å². The molecule has 1 aromatic heterocycles. The third-order valence-electron chi connectivity index (χ3n) is 5.12. The van der Waals surface area contributed by atoms with Crippen molar-refractivity contribution in [1.82, 2.24) is 13.9 Å². The van der Waals surface area contributed by atoms with Crippen molar-refractivity contribution in [1.29, 1.82) is 0 Å². The number of rotatable bonds is 3. The zero-order valence-electron chi connectivity index (χ0n) is 15.6. The van der Waals surface area contributed by atoms with Crippen molar-refractivity contribution in [2.24, 2.45) is 7.05 Å². The van der Waals surface area contributed by atoms with Crippen LogP contribution in [0, 0.1) is 6.92 Å². The van der Waals surface area contributed by atoms with Gasteiger partial charge in [-0.2, -0.15) is 4.31 Å². The lowest BCUT2D eigenvalue weighted by Gasteiger charge is -2.34. The molecule has 0 aliphatic carbocycles. The molecule has 4 rings (SSSR count). The van der Waals surface area contributed by atoms with Gasteiger partial charge in [-0.3, -0.25) is 0 Å². The molecule has 0 amide bonds. The van der Waals surface area contributed by atoms with Crippen LogP contribution in [0.2, 0.25) is 10.0 Å². The molecule has 1 aliphatic rings. The van der Waals surface area contributed by atoms with Crippen molar-refractivity contribution in [3.05, 3.63) is 52.0 Å². The Morgan fingerprint density at radius 3 is 2.36 bits per heavy atom. The predicted molar refractivity (Wildman–Crippen MR) is 113 cm³/mol. The molecule has 0 saturated carbocycles.